The zero-order valence-electron chi connectivity index (χ0n) is 12.9. The topological polar surface area (TPSA) is 111 Å². The van der Waals surface area contributed by atoms with Gasteiger partial charge in [-0.25, -0.2) is 18.4 Å². The number of hydrogen-bond acceptors (Lipinski definition) is 6. The molecule has 0 bridgehead atoms. The molecule has 3 aromatic rings. The summed E-state index contributed by atoms with van der Waals surface area (Å²) in [6.45, 7) is 2.85. The number of H-pyrrole nitrogens is 2. The van der Waals surface area contributed by atoms with Crippen LogP contribution in [0.3, 0.4) is 0 Å². The quantitative estimate of drug-likeness (QED) is 0.697. The third-order valence-electron chi connectivity index (χ3n) is 4.20. The third kappa shape index (κ3) is 2.68. The van der Waals surface area contributed by atoms with E-state index in [2.05, 4.69) is 30.0 Å². The average Bonchev–Trinajstić information content (AvgIpc) is 3.24. The van der Waals surface area contributed by atoms with Crippen LogP contribution in [0, 0.1) is 0 Å². The Bertz CT molecular complexity index is 927. The fourth-order valence-electron chi connectivity index (χ4n) is 2.93. The van der Waals surface area contributed by atoms with E-state index >= 15 is 0 Å². The number of rotatable bonds is 4. The monoisotopic (exact) mass is 347 g/mol. The van der Waals surface area contributed by atoms with Crippen molar-refractivity contribution >= 4 is 21.1 Å². The van der Waals surface area contributed by atoms with Gasteiger partial charge in [-0.3, -0.25) is 10.00 Å². The Morgan fingerprint density at radius 2 is 2.00 bits per heavy atom. The summed E-state index contributed by atoms with van der Waals surface area (Å²) in [6, 6.07) is 3.51. The summed E-state index contributed by atoms with van der Waals surface area (Å²) in [4.78, 5) is 13.6. The van der Waals surface area contributed by atoms with Crippen LogP contribution in [0.15, 0.2) is 35.7 Å². The van der Waals surface area contributed by atoms with Crippen LogP contribution in [-0.4, -0.2) is 69.0 Å². The van der Waals surface area contributed by atoms with Crippen LogP contribution in [0.2, 0.25) is 0 Å². The zero-order chi connectivity index (χ0) is 16.6. The molecule has 0 aromatic carbocycles. The summed E-state index contributed by atoms with van der Waals surface area (Å²) in [5.74, 6) is 0.786. The summed E-state index contributed by atoms with van der Waals surface area (Å²) in [5.41, 5.74) is 0.583. The van der Waals surface area contributed by atoms with Gasteiger partial charge >= 0.3 is 0 Å². The number of hydrogen-bond donors (Lipinski definition) is 2. The first-order chi connectivity index (χ1) is 11.6. The minimum absolute atomic E-state index is 0.286. The molecule has 9 nitrogen and oxygen atoms in total. The molecule has 0 atom stereocenters. The summed E-state index contributed by atoms with van der Waals surface area (Å²) in [5, 5.41) is 7.28. The molecule has 0 unspecified atom stereocenters. The summed E-state index contributed by atoms with van der Waals surface area (Å²) in [7, 11) is -3.53. The van der Waals surface area contributed by atoms with Gasteiger partial charge in [0.25, 0.3) is 0 Å². The van der Waals surface area contributed by atoms with Gasteiger partial charge in [0.2, 0.25) is 10.0 Å². The fourth-order valence-corrected chi connectivity index (χ4v) is 4.50. The van der Waals surface area contributed by atoms with Crippen LogP contribution < -0.4 is 0 Å². The Hall–Kier alpha value is -2.30. The zero-order valence-corrected chi connectivity index (χ0v) is 13.7. The Kier molecular flexibility index (Phi) is 3.79. The second-order valence-electron chi connectivity index (χ2n) is 5.66. The van der Waals surface area contributed by atoms with Crippen molar-refractivity contribution in [3.05, 3.63) is 36.7 Å². The van der Waals surface area contributed by atoms with Gasteiger partial charge in [-0.05, 0) is 12.1 Å². The summed E-state index contributed by atoms with van der Waals surface area (Å²) >= 11 is 0. The van der Waals surface area contributed by atoms with E-state index in [0.29, 0.717) is 43.8 Å². The maximum absolute atomic E-state index is 12.9. The van der Waals surface area contributed by atoms with E-state index < -0.39 is 10.0 Å². The molecule has 0 saturated carbocycles. The lowest BCUT2D eigenvalue weighted by Gasteiger charge is -2.33. The Labute approximate surface area is 138 Å². The van der Waals surface area contributed by atoms with E-state index in [0.717, 1.165) is 5.82 Å². The predicted molar refractivity (Wildman–Crippen MR) is 86.5 cm³/mol. The number of piperazine rings is 1. The second kappa shape index (κ2) is 5.96. The molecule has 4 rings (SSSR count). The van der Waals surface area contributed by atoms with Gasteiger partial charge in [0.05, 0.1) is 6.54 Å². The van der Waals surface area contributed by atoms with E-state index in [1.165, 1.54) is 16.8 Å². The van der Waals surface area contributed by atoms with Gasteiger partial charge < -0.3 is 4.98 Å². The smallest absolute Gasteiger partial charge is 0.245 e. The molecule has 2 N–H and O–H groups in total. The van der Waals surface area contributed by atoms with Crippen LogP contribution in [-0.2, 0) is 16.6 Å². The van der Waals surface area contributed by atoms with Crippen molar-refractivity contribution in [2.75, 3.05) is 26.2 Å². The van der Waals surface area contributed by atoms with Crippen molar-refractivity contribution in [3.8, 4) is 0 Å². The normalized spacial score (nSPS) is 17.5. The summed E-state index contributed by atoms with van der Waals surface area (Å²) in [6.07, 6.45) is 4.63. The highest BCUT2D eigenvalue weighted by Crippen LogP contribution is 2.25. The lowest BCUT2D eigenvalue weighted by atomic mass is 10.3. The van der Waals surface area contributed by atoms with Crippen molar-refractivity contribution in [2.45, 2.75) is 11.4 Å². The van der Waals surface area contributed by atoms with Crippen LogP contribution in [0.1, 0.15) is 5.82 Å². The molecule has 1 aliphatic heterocycles. The number of sulfonamides is 1. The maximum atomic E-state index is 12.9. The van der Waals surface area contributed by atoms with E-state index in [-0.39, 0.29) is 4.90 Å². The van der Waals surface area contributed by atoms with Crippen LogP contribution >= 0.6 is 0 Å². The Balaban J connectivity index is 1.50. The number of nitrogens with zero attached hydrogens (tertiary/aromatic N) is 5. The first-order valence-electron chi connectivity index (χ1n) is 7.63. The van der Waals surface area contributed by atoms with E-state index in [9.17, 15) is 8.42 Å². The highest BCUT2D eigenvalue weighted by Gasteiger charge is 2.30. The molecular formula is C14H17N7O2S. The molecule has 1 saturated heterocycles. The maximum Gasteiger partial charge on any atom is 0.245 e. The average molecular weight is 347 g/mol. The van der Waals surface area contributed by atoms with Gasteiger partial charge in [0, 0.05) is 44.0 Å². The highest BCUT2D eigenvalue weighted by molar-refractivity contribution is 7.89. The first-order valence-corrected chi connectivity index (χ1v) is 9.07. The molecule has 24 heavy (non-hydrogen) atoms. The molecule has 0 spiro atoms. The van der Waals surface area contributed by atoms with E-state index in [1.54, 1.807) is 18.3 Å². The van der Waals surface area contributed by atoms with Gasteiger partial charge in [0.15, 0.2) is 0 Å². The molecule has 4 heterocycles. The molecule has 1 fully saturated rings. The Morgan fingerprint density at radius 1 is 1.17 bits per heavy atom. The molecule has 126 valence electrons. The molecular weight excluding hydrogens is 330 g/mol. The van der Waals surface area contributed by atoms with Crippen molar-refractivity contribution in [2.24, 2.45) is 0 Å². The molecule has 0 amide bonds. The largest absolute Gasteiger partial charge is 0.345 e. The van der Waals surface area contributed by atoms with E-state index in [4.69, 9.17) is 0 Å². The second-order valence-corrected chi connectivity index (χ2v) is 7.57. The number of aromatic amines is 2. The third-order valence-corrected chi connectivity index (χ3v) is 6.14. The molecule has 0 radical (unpaired) electrons. The van der Waals surface area contributed by atoms with Crippen LogP contribution in [0.5, 0.6) is 0 Å². The van der Waals surface area contributed by atoms with Gasteiger partial charge in [-0.15, -0.1) is 0 Å². The van der Waals surface area contributed by atoms with E-state index in [1.807, 2.05) is 0 Å². The van der Waals surface area contributed by atoms with Gasteiger partial charge in [-0.1, -0.05) is 0 Å². The fraction of sp³-hybridized carbons (Fsp3) is 0.357. The van der Waals surface area contributed by atoms with Crippen molar-refractivity contribution in [3.63, 3.8) is 0 Å². The van der Waals surface area contributed by atoms with Gasteiger partial charge in [0.1, 0.15) is 22.7 Å². The van der Waals surface area contributed by atoms with Gasteiger partial charge in [-0.2, -0.15) is 9.40 Å². The van der Waals surface area contributed by atoms with Crippen molar-refractivity contribution in [1.29, 1.82) is 0 Å². The summed E-state index contributed by atoms with van der Waals surface area (Å²) < 4.78 is 27.4. The lowest BCUT2D eigenvalue weighted by molar-refractivity contribution is 0.178. The minimum Gasteiger partial charge on any atom is -0.345 e. The highest BCUT2D eigenvalue weighted by atomic mass is 32.2. The van der Waals surface area contributed by atoms with Crippen molar-refractivity contribution in [1.82, 2.24) is 34.4 Å². The Morgan fingerprint density at radius 3 is 2.75 bits per heavy atom. The van der Waals surface area contributed by atoms with Crippen molar-refractivity contribution < 1.29 is 8.42 Å². The number of nitrogens with one attached hydrogen (secondary N) is 2. The minimum atomic E-state index is -3.53. The number of pyridine rings is 1. The molecule has 0 aliphatic carbocycles. The standard InChI is InChI=1S/C14H17N7O2S/c22-24(23,12-8-16-14-11(12)2-1-3-15-14)21-6-4-20(5-7-21)9-13-17-10-18-19-13/h1-3,8,10H,4-7,9H2,(H,15,16)(H,17,18,19). The SMILES string of the molecule is O=S(=O)(c1c[nH]c2ncccc12)N1CCN(Cc2ncn[nH]2)CC1. The molecule has 1 aliphatic rings. The number of aromatic nitrogens is 5. The molecule has 10 heteroatoms. The number of fused-ring (bicyclic) bond motifs is 1. The first kappa shape index (κ1) is 15.2. The van der Waals surface area contributed by atoms with Crippen LogP contribution in [0.4, 0.5) is 0 Å². The molecule has 3 aromatic heterocycles. The van der Waals surface area contributed by atoms with Crippen LogP contribution in [0.25, 0.3) is 11.0 Å². The lowest BCUT2D eigenvalue weighted by Crippen LogP contribution is -2.48. The predicted octanol–water partition coefficient (Wildman–Crippen LogP) is 0.187.